The third kappa shape index (κ3) is 6.07. The first-order valence-corrected chi connectivity index (χ1v) is 9.06. The Bertz CT molecular complexity index is 819. The fourth-order valence-electron chi connectivity index (χ4n) is 2.20. The number of ether oxygens (including phenoxy) is 1. The van der Waals surface area contributed by atoms with Gasteiger partial charge >= 0.3 is 0 Å². The lowest BCUT2D eigenvalue weighted by atomic mass is 10.1. The standard InChI is InChI=1S/C20H23N3O3S/c1-4-26-15-11-9-14(10-12-15)21-19(25)16-7-5-6-8-17(16)22-20(27)23-18(24)13(2)3/h5-13H,4H2,1-3H3,(H,21,25)(H2,22,23,24,27). The van der Waals surface area contributed by atoms with Crippen molar-refractivity contribution in [1.29, 1.82) is 0 Å². The first kappa shape index (κ1) is 20.4. The number of carbonyl (C=O) groups excluding carboxylic acids is 2. The number of anilines is 2. The Morgan fingerprint density at radius 1 is 1.04 bits per heavy atom. The molecule has 0 bridgehead atoms. The molecule has 2 amide bonds. The van der Waals surface area contributed by atoms with Crippen molar-refractivity contribution in [3.8, 4) is 5.75 Å². The van der Waals surface area contributed by atoms with Gasteiger partial charge < -0.3 is 20.7 Å². The van der Waals surface area contributed by atoms with Gasteiger partial charge in [0.15, 0.2) is 5.11 Å². The average molecular weight is 385 g/mol. The topological polar surface area (TPSA) is 79.5 Å². The van der Waals surface area contributed by atoms with Gasteiger partial charge in [-0.05, 0) is 55.5 Å². The fourth-order valence-corrected chi connectivity index (χ4v) is 2.41. The Morgan fingerprint density at radius 3 is 2.33 bits per heavy atom. The molecule has 0 aliphatic heterocycles. The number of para-hydroxylation sites is 1. The highest BCUT2D eigenvalue weighted by Crippen LogP contribution is 2.19. The summed E-state index contributed by atoms with van der Waals surface area (Å²) in [4.78, 5) is 24.4. The van der Waals surface area contributed by atoms with Crippen LogP contribution in [-0.4, -0.2) is 23.5 Å². The molecule has 0 radical (unpaired) electrons. The Kier molecular flexibility index (Phi) is 7.31. The van der Waals surface area contributed by atoms with Crippen LogP contribution in [0.3, 0.4) is 0 Å². The van der Waals surface area contributed by atoms with Crippen LogP contribution < -0.4 is 20.7 Å². The average Bonchev–Trinajstić information content (AvgIpc) is 2.63. The van der Waals surface area contributed by atoms with Crippen LogP contribution in [0.2, 0.25) is 0 Å². The Hall–Kier alpha value is -2.93. The van der Waals surface area contributed by atoms with Gasteiger partial charge in [0.1, 0.15) is 5.75 Å². The largest absolute Gasteiger partial charge is 0.494 e. The third-order valence-electron chi connectivity index (χ3n) is 3.60. The summed E-state index contributed by atoms with van der Waals surface area (Å²) < 4.78 is 5.39. The van der Waals surface area contributed by atoms with Crippen LogP contribution in [-0.2, 0) is 4.79 Å². The van der Waals surface area contributed by atoms with E-state index in [1.54, 1.807) is 62.4 Å². The van der Waals surface area contributed by atoms with E-state index >= 15 is 0 Å². The molecular weight excluding hydrogens is 362 g/mol. The first-order valence-electron chi connectivity index (χ1n) is 8.65. The number of rotatable bonds is 6. The lowest BCUT2D eigenvalue weighted by molar-refractivity contribution is -0.122. The molecule has 2 aromatic rings. The molecule has 0 aromatic heterocycles. The summed E-state index contributed by atoms with van der Waals surface area (Å²) in [5.41, 5.74) is 1.57. The Balaban J connectivity index is 2.08. The zero-order valence-corrected chi connectivity index (χ0v) is 16.4. The van der Waals surface area contributed by atoms with E-state index in [1.165, 1.54) is 0 Å². The van der Waals surface area contributed by atoms with Gasteiger partial charge in [-0.15, -0.1) is 0 Å². The first-order chi connectivity index (χ1) is 12.9. The van der Waals surface area contributed by atoms with Gasteiger partial charge in [0.25, 0.3) is 5.91 Å². The molecule has 0 saturated heterocycles. The molecule has 0 fully saturated rings. The molecule has 2 aromatic carbocycles. The zero-order valence-electron chi connectivity index (χ0n) is 15.5. The smallest absolute Gasteiger partial charge is 0.257 e. The molecule has 0 aliphatic rings. The SMILES string of the molecule is CCOc1ccc(NC(=O)c2ccccc2NC(=S)NC(=O)C(C)C)cc1. The minimum Gasteiger partial charge on any atom is -0.494 e. The number of nitrogens with one attached hydrogen (secondary N) is 3. The fraction of sp³-hybridized carbons (Fsp3) is 0.250. The maximum absolute atomic E-state index is 12.6. The van der Waals surface area contributed by atoms with Crippen molar-refractivity contribution in [2.45, 2.75) is 20.8 Å². The predicted octanol–water partition coefficient (Wildman–Crippen LogP) is 3.81. The van der Waals surface area contributed by atoms with Crippen molar-refractivity contribution in [3.05, 3.63) is 54.1 Å². The molecule has 0 unspecified atom stereocenters. The highest BCUT2D eigenvalue weighted by Gasteiger charge is 2.14. The summed E-state index contributed by atoms with van der Waals surface area (Å²) in [6, 6.07) is 14.1. The summed E-state index contributed by atoms with van der Waals surface area (Å²) in [5, 5.41) is 8.49. The van der Waals surface area contributed by atoms with Crippen LogP contribution in [0.4, 0.5) is 11.4 Å². The van der Waals surface area contributed by atoms with E-state index in [4.69, 9.17) is 17.0 Å². The molecule has 7 heteroatoms. The molecule has 0 heterocycles. The second-order valence-corrected chi connectivity index (χ2v) is 6.46. The normalized spacial score (nSPS) is 10.2. The minimum atomic E-state index is -0.291. The molecule has 0 saturated carbocycles. The van der Waals surface area contributed by atoms with Crippen molar-refractivity contribution >= 4 is 40.5 Å². The molecule has 0 atom stereocenters. The van der Waals surface area contributed by atoms with Gasteiger partial charge in [-0.1, -0.05) is 26.0 Å². The molecule has 3 N–H and O–H groups in total. The van der Waals surface area contributed by atoms with E-state index in [1.807, 2.05) is 6.92 Å². The van der Waals surface area contributed by atoms with Crippen LogP contribution in [0.1, 0.15) is 31.1 Å². The zero-order chi connectivity index (χ0) is 19.8. The molecule has 142 valence electrons. The van der Waals surface area contributed by atoms with E-state index in [9.17, 15) is 9.59 Å². The van der Waals surface area contributed by atoms with Gasteiger partial charge in [-0.3, -0.25) is 9.59 Å². The lowest BCUT2D eigenvalue weighted by Crippen LogP contribution is -2.37. The monoisotopic (exact) mass is 385 g/mol. The summed E-state index contributed by atoms with van der Waals surface area (Å²) in [5.74, 6) is 0.0656. The predicted molar refractivity (Wildman–Crippen MR) is 111 cm³/mol. The van der Waals surface area contributed by atoms with Crippen LogP contribution in [0, 0.1) is 5.92 Å². The number of benzene rings is 2. The molecule has 0 spiro atoms. The molecule has 6 nitrogen and oxygen atoms in total. The number of hydrogen-bond donors (Lipinski definition) is 3. The highest BCUT2D eigenvalue weighted by molar-refractivity contribution is 7.80. The van der Waals surface area contributed by atoms with Crippen LogP contribution in [0.25, 0.3) is 0 Å². The number of thiocarbonyl (C=S) groups is 1. The van der Waals surface area contributed by atoms with Gasteiger partial charge in [0.2, 0.25) is 5.91 Å². The minimum absolute atomic E-state index is 0.148. The number of carbonyl (C=O) groups is 2. The quantitative estimate of drug-likeness (QED) is 0.659. The molecule has 27 heavy (non-hydrogen) atoms. The van der Waals surface area contributed by atoms with Gasteiger partial charge in [-0.2, -0.15) is 0 Å². The van der Waals surface area contributed by atoms with Crippen molar-refractivity contribution in [1.82, 2.24) is 5.32 Å². The molecule has 0 aliphatic carbocycles. The number of amides is 2. The Morgan fingerprint density at radius 2 is 1.70 bits per heavy atom. The van der Waals surface area contributed by atoms with E-state index in [-0.39, 0.29) is 22.8 Å². The number of hydrogen-bond acceptors (Lipinski definition) is 4. The maximum atomic E-state index is 12.6. The van der Waals surface area contributed by atoms with Gasteiger partial charge in [-0.25, -0.2) is 0 Å². The highest BCUT2D eigenvalue weighted by atomic mass is 32.1. The summed E-state index contributed by atoms with van der Waals surface area (Å²) in [7, 11) is 0. The Labute approximate surface area is 164 Å². The summed E-state index contributed by atoms with van der Waals surface area (Å²) in [6.45, 7) is 6.04. The van der Waals surface area contributed by atoms with Crippen molar-refractivity contribution in [3.63, 3.8) is 0 Å². The third-order valence-corrected chi connectivity index (χ3v) is 3.81. The maximum Gasteiger partial charge on any atom is 0.257 e. The summed E-state index contributed by atoms with van der Waals surface area (Å²) >= 11 is 5.16. The van der Waals surface area contributed by atoms with Crippen LogP contribution in [0.15, 0.2) is 48.5 Å². The van der Waals surface area contributed by atoms with Gasteiger partial charge in [0, 0.05) is 11.6 Å². The van der Waals surface area contributed by atoms with E-state index in [0.717, 1.165) is 5.75 Å². The lowest BCUT2D eigenvalue weighted by Gasteiger charge is -2.14. The molecule has 2 rings (SSSR count). The van der Waals surface area contributed by atoms with E-state index in [2.05, 4.69) is 16.0 Å². The van der Waals surface area contributed by atoms with Crippen LogP contribution >= 0.6 is 12.2 Å². The van der Waals surface area contributed by atoms with Crippen molar-refractivity contribution in [2.24, 2.45) is 5.92 Å². The van der Waals surface area contributed by atoms with E-state index < -0.39 is 0 Å². The second kappa shape index (κ2) is 9.68. The molecular formula is C20H23N3O3S. The van der Waals surface area contributed by atoms with Crippen molar-refractivity contribution < 1.29 is 14.3 Å². The van der Waals surface area contributed by atoms with Crippen LogP contribution in [0.5, 0.6) is 5.75 Å². The second-order valence-electron chi connectivity index (χ2n) is 6.06. The van der Waals surface area contributed by atoms with Gasteiger partial charge in [0.05, 0.1) is 17.9 Å². The summed E-state index contributed by atoms with van der Waals surface area (Å²) in [6.07, 6.45) is 0. The van der Waals surface area contributed by atoms with Crippen molar-refractivity contribution in [2.75, 3.05) is 17.2 Å². The van der Waals surface area contributed by atoms with E-state index in [0.29, 0.717) is 23.5 Å².